The second-order valence-corrected chi connectivity index (χ2v) is 8.34. The SMILES string of the molecule is O=C(Nc1nnc(-c2ccc(C(F)(F)F)cc2)o1)c1ccc(S(F)(F)(F)(F)F)cc1. The van der Waals surface area contributed by atoms with Crippen LogP contribution >= 0.6 is 10.2 Å². The van der Waals surface area contributed by atoms with E-state index in [1.165, 1.54) is 0 Å². The van der Waals surface area contributed by atoms with E-state index in [9.17, 15) is 37.4 Å². The van der Waals surface area contributed by atoms with Gasteiger partial charge in [-0.2, -0.15) is 13.2 Å². The van der Waals surface area contributed by atoms with Crippen molar-refractivity contribution in [1.82, 2.24) is 10.2 Å². The predicted octanol–water partition coefficient (Wildman–Crippen LogP) is 6.67. The highest BCUT2D eigenvalue weighted by molar-refractivity contribution is 8.45. The number of halogens is 8. The lowest BCUT2D eigenvalue weighted by Gasteiger charge is -2.40. The average molecular weight is 459 g/mol. The second kappa shape index (κ2) is 6.17. The van der Waals surface area contributed by atoms with Gasteiger partial charge in [-0.15, -0.1) is 5.10 Å². The zero-order valence-corrected chi connectivity index (χ0v) is 15.1. The van der Waals surface area contributed by atoms with Crippen molar-refractivity contribution in [3.8, 4) is 11.5 Å². The molecule has 0 bridgehead atoms. The van der Waals surface area contributed by atoms with Crippen LogP contribution in [0.5, 0.6) is 0 Å². The molecule has 1 heterocycles. The normalized spacial score (nSPS) is 14.7. The molecule has 0 unspecified atom stereocenters. The van der Waals surface area contributed by atoms with Crippen LogP contribution in [-0.4, -0.2) is 16.1 Å². The van der Waals surface area contributed by atoms with Gasteiger partial charge in [-0.3, -0.25) is 10.1 Å². The number of hydrogen-bond acceptors (Lipinski definition) is 4. The summed E-state index contributed by atoms with van der Waals surface area (Å²) in [6.07, 6.45) is -4.54. The van der Waals surface area contributed by atoms with Gasteiger partial charge in [0.25, 0.3) is 5.91 Å². The number of anilines is 1. The maximum Gasteiger partial charge on any atom is 0.416 e. The number of carbonyl (C=O) groups is 1. The monoisotopic (exact) mass is 459 g/mol. The van der Waals surface area contributed by atoms with Crippen molar-refractivity contribution in [2.24, 2.45) is 0 Å². The third-order valence-corrected chi connectivity index (χ3v) is 4.83. The number of nitrogens with one attached hydrogen (secondary N) is 1. The van der Waals surface area contributed by atoms with Crippen molar-refractivity contribution in [3.63, 3.8) is 0 Å². The Balaban J connectivity index is 1.74. The zero-order chi connectivity index (χ0) is 22.4. The third-order valence-electron chi connectivity index (χ3n) is 3.67. The smallest absolute Gasteiger partial charge is 0.403 e. The van der Waals surface area contributed by atoms with E-state index in [1.54, 1.807) is 0 Å². The highest BCUT2D eigenvalue weighted by atomic mass is 32.5. The molecule has 30 heavy (non-hydrogen) atoms. The summed E-state index contributed by atoms with van der Waals surface area (Å²) in [6, 6.07) is 4.37. The van der Waals surface area contributed by atoms with E-state index in [2.05, 4.69) is 10.2 Å². The lowest BCUT2D eigenvalue weighted by atomic mass is 10.1. The van der Waals surface area contributed by atoms with Gasteiger partial charge in [0.05, 0.1) is 5.56 Å². The Labute approximate surface area is 162 Å². The van der Waals surface area contributed by atoms with Crippen molar-refractivity contribution in [3.05, 3.63) is 59.7 Å². The maximum absolute atomic E-state index is 12.7. The lowest BCUT2D eigenvalue weighted by Crippen LogP contribution is -2.13. The van der Waals surface area contributed by atoms with E-state index in [0.717, 1.165) is 24.3 Å². The first kappa shape index (κ1) is 21.5. The summed E-state index contributed by atoms with van der Waals surface area (Å²) in [5, 5.41) is 9.02. The molecule has 0 aliphatic carbocycles. The van der Waals surface area contributed by atoms with Gasteiger partial charge in [-0.25, -0.2) is 0 Å². The first-order valence-electron chi connectivity index (χ1n) is 7.69. The second-order valence-electron chi connectivity index (χ2n) is 5.93. The van der Waals surface area contributed by atoms with Crippen molar-refractivity contribution in [2.45, 2.75) is 11.1 Å². The lowest BCUT2D eigenvalue weighted by molar-refractivity contribution is -0.137. The molecule has 1 N–H and O–H groups in total. The molecule has 5 nitrogen and oxygen atoms in total. The molecule has 162 valence electrons. The molecule has 14 heteroatoms. The van der Waals surface area contributed by atoms with Gasteiger partial charge >= 0.3 is 22.4 Å². The van der Waals surface area contributed by atoms with Crippen molar-refractivity contribution in [1.29, 1.82) is 0 Å². The van der Waals surface area contributed by atoms with Crippen molar-refractivity contribution in [2.75, 3.05) is 5.32 Å². The fourth-order valence-corrected chi connectivity index (χ4v) is 2.88. The summed E-state index contributed by atoms with van der Waals surface area (Å²) in [7, 11) is -9.87. The molecule has 0 aliphatic heterocycles. The number of alkyl halides is 3. The zero-order valence-electron chi connectivity index (χ0n) is 14.3. The Morgan fingerprint density at radius 2 is 1.43 bits per heavy atom. The predicted molar refractivity (Wildman–Crippen MR) is 90.5 cm³/mol. The average Bonchev–Trinajstić information content (AvgIpc) is 3.08. The van der Waals surface area contributed by atoms with Crippen LogP contribution in [0.4, 0.5) is 38.6 Å². The molecule has 0 fully saturated rings. The molecule has 0 saturated carbocycles. The van der Waals surface area contributed by atoms with Crippen LogP contribution in [0.15, 0.2) is 57.8 Å². The number of amides is 1. The molecule has 0 spiro atoms. The van der Waals surface area contributed by atoms with E-state index >= 15 is 0 Å². The Bertz CT molecular complexity index is 1090. The highest BCUT2D eigenvalue weighted by Crippen LogP contribution is 3.02. The van der Waals surface area contributed by atoms with E-state index in [1.807, 2.05) is 5.32 Å². The van der Waals surface area contributed by atoms with Gasteiger partial charge in [-0.1, -0.05) is 24.5 Å². The topological polar surface area (TPSA) is 68.0 Å². The Hall–Kier alpha value is -3.16. The van der Waals surface area contributed by atoms with Gasteiger partial charge in [-0.05, 0) is 48.5 Å². The first-order valence-corrected chi connectivity index (χ1v) is 9.65. The standard InChI is InChI=1S/C16H9F8N3O2S/c17-16(18,19)11-5-1-10(2-6-11)14-26-27-15(29-14)25-13(28)9-3-7-12(8-4-9)30(20,21,22,23)24/h1-8H,(H,25,27,28). The summed E-state index contributed by atoms with van der Waals surface area (Å²) in [4.78, 5) is 9.85. The van der Waals surface area contributed by atoms with Crippen LogP contribution in [0.2, 0.25) is 0 Å². The molecular weight excluding hydrogens is 450 g/mol. The van der Waals surface area contributed by atoms with Crippen LogP contribution in [-0.2, 0) is 6.18 Å². The van der Waals surface area contributed by atoms with E-state index in [4.69, 9.17) is 4.42 Å². The maximum atomic E-state index is 12.7. The fraction of sp³-hybridized carbons (Fsp3) is 0.0625. The number of nitrogens with zero attached hydrogens (tertiary/aromatic N) is 2. The quantitative estimate of drug-likeness (QED) is 0.443. The first-order chi connectivity index (χ1) is 13.5. The summed E-state index contributed by atoms with van der Waals surface area (Å²) in [6.45, 7) is 0. The Morgan fingerprint density at radius 3 is 1.93 bits per heavy atom. The number of aromatic nitrogens is 2. The van der Waals surface area contributed by atoms with Crippen LogP contribution in [0.3, 0.4) is 0 Å². The van der Waals surface area contributed by atoms with Crippen LogP contribution < -0.4 is 5.32 Å². The molecule has 2 aromatic carbocycles. The number of rotatable bonds is 4. The molecule has 0 atom stereocenters. The molecule has 0 aliphatic rings. The van der Waals surface area contributed by atoms with Gasteiger partial charge in [0.1, 0.15) is 4.90 Å². The summed E-state index contributed by atoms with van der Waals surface area (Å²) < 4.78 is 106. The number of hydrogen-bond donors (Lipinski definition) is 1. The molecule has 1 amide bonds. The molecule has 0 saturated heterocycles. The molecular formula is C16H9F8N3O2S. The number of benzene rings is 2. The molecule has 3 rings (SSSR count). The van der Waals surface area contributed by atoms with Gasteiger partial charge < -0.3 is 4.42 Å². The molecule has 3 aromatic rings. The molecule has 0 radical (unpaired) electrons. The summed E-state index contributed by atoms with van der Waals surface area (Å²) in [5.41, 5.74) is -1.21. The van der Waals surface area contributed by atoms with Crippen LogP contribution in [0.25, 0.3) is 11.5 Å². The largest absolute Gasteiger partial charge is 0.416 e. The van der Waals surface area contributed by atoms with Gasteiger partial charge in [0.15, 0.2) is 0 Å². The van der Waals surface area contributed by atoms with E-state index in [-0.39, 0.29) is 23.6 Å². The highest BCUT2D eigenvalue weighted by Gasteiger charge is 2.65. The fourth-order valence-electron chi connectivity index (χ4n) is 2.22. The summed E-state index contributed by atoms with van der Waals surface area (Å²) >= 11 is 0. The Kier molecular flexibility index (Phi) is 4.43. The molecule has 1 aromatic heterocycles. The minimum absolute atomic E-state index is 0.0674. The van der Waals surface area contributed by atoms with Gasteiger partial charge in [0, 0.05) is 11.1 Å². The van der Waals surface area contributed by atoms with E-state index in [0.29, 0.717) is 12.1 Å². The summed E-state index contributed by atoms with van der Waals surface area (Å²) in [5.74, 6) is -1.28. The minimum atomic E-state index is -9.87. The number of carbonyl (C=O) groups excluding carboxylic acids is 1. The minimum Gasteiger partial charge on any atom is -0.403 e. The van der Waals surface area contributed by atoms with Crippen LogP contribution in [0, 0.1) is 0 Å². The van der Waals surface area contributed by atoms with Gasteiger partial charge in [0.2, 0.25) is 5.89 Å². The van der Waals surface area contributed by atoms with E-state index < -0.39 is 44.3 Å². The van der Waals surface area contributed by atoms with Crippen LogP contribution in [0.1, 0.15) is 15.9 Å². The Morgan fingerprint density at radius 1 is 0.867 bits per heavy atom. The van der Waals surface area contributed by atoms with Crippen molar-refractivity contribution < 1.29 is 41.8 Å². The third kappa shape index (κ3) is 4.87. The van der Waals surface area contributed by atoms with Crippen molar-refractivity contribution >= 4 is 22.1 Å².